The third-order valence-electron chi connectivity index (χ3n) is 8.37. The zero-order valence-electron chi connectivity index (χ0n) is 26.0. The number of benzene rings is 4. The Morgan fingerprint density at radius 2 is 1.42 bits per heavy atom. The molecule has 0 heterocycles. The van der Waals surface area contributed by atoms with Gasteiger partial charge in [-0.3, -0.25) is 13.9 Å². The number of carbonyl (C=O) groups excluding carboxylic acids is 2. The monoisotopic (exact) mass is 745 g/mol. The Morgan fingerprint density at radius 1 is 0.750 bits per heavy atom. The van der Waals surface area contributed by atoms with E-state index in [0.29, 0.717) is 10.6 Å². The van der Waals surface area contributed by atoms with Crippen molar-refractivity contribution in [2.24, 2.45) is 0 Å². The summed E-state index contributed by atoms with van der Waals surface area (Å²) in [6.45, 7) is -0.714. The van der Waals surface area contributed by atoms with E-state index in [1.165, 1.54) is 29.2 Å². The van der Waals surface area contributed by atoms with Crippen LogP contribution in [0.3, 0.4) is 0 Å². The van der Waals surface area contributed by atoms with Crippen molar-refractivity contribution < 1.29 is 18.0 Å². The first-order valence-electron chi connectivity index (χ1n) is 15.6. The molecule has 1 aliphatic carbocycles. The zero-order chi connectivity index (χ0) is 34.3. The number of halogens is 4. The Kier molecular flexibility index (Phi) is 12.3. The highest BCUT2D eigenvalue weighted by Gasteiger charge is 2.36. The molecule has 48 heavy (non-hydrogen) atoms. The smallest absolute Gasteiger partial charge is 0.264 e. The summed E-state index contributed by atoms with van der Waals surface area (Å²) in [5.74, 6) is -0.950. The van der Waals surface area contributed by atoms with Crippen LogP contribution in [0.25, 0.3) is 0 Å². The minimum atomic E-state index is -4.33. The molecule has 1 fully saturated rings. The average Bonchev–Trinajstić information content (AvgIpc) is 3.09. The highest BCUT2D eigenvalue weighted by Crippen LogP contribution is 2.36. The van der Waals surface area contributed by atoms with E-state index in [4.69, 9.17) is 46.4 Å². The quantitative estimate of drug-likeness (QED) is 0.157. The molecule has 1 saturated carbocycles. The van der Waals surface area contributed by atoms with Crippen molar-refractivity contribution in [2.75, 3.05) is 10.8 Å². The van der Waals surface area contributed by atoms with Gasteiger partial charge < -0.3 is 10.2 Å². The minimum absolute atomic E-state index is 0.0216. The number of hydrogen-bond donors (Lipinski definition) is 1. The van der Waals surface area contributed by atoms with Crippen LogP contribution in [0.15, 0.2) is 102 Å². The Bertz CT molecular complexity index is 1840. The Hall–Kier alpha value is -3.27. The molecule has 1 aliphatic rings. The lowest BCUT2D eigenvalue weighted by atomic mass is 9.94. The molecule has 7 nitrogen and oxygen atoms in total. The Balaban J connectivity index is 1.59. The number of carbonyl (C=O) groups is 2. The third-order valence-corrected chi connectivity index (χ3v) is 11.7. The molecule has 4 aromatic carbocycles. The number of nitrogens with zero attached hydrogens (tertiary/aromatic N) is 2. The summed E-state index contributed by atoms with van der Waals surface area (Å²) in [5, 5.41) is 3.90. The Labute approximate surface area is 301 Å². The minimum Gasteiger partial charge on any atom is -0.352 e. The lowest BCUT2D eigenvalue weighted by Gasteiger charge is -2.35. The molecule has 4 aromatic rings. The van der Waals surface area contributed by atoms with Crippen molar-refractivity contribution in [3.05, 3.63) is 128 Å². The van der Waals surface area contributed by atoms with Gasteiger partial charge in [-0.15, -0.1) is 0 Å². The van der Waals surface area contributed by atoms with E-state index in [1.807, 2.05) is 30.3 Å². The van der Waals surface area contributed by atoms with E-state index in [-0.39, 0.29) is 50.6 Å². The van der Waals surface area contributed by atoms with Gasteiger partial charge >= 0.3 is 0 Å². The largest absolute Gasteiger partial charge is 0.352 e. The molecule has 0 bridgehead atoms. The second-order valence-corrected chi connectivity index (χ2v) is 15.2. The van der Waals surface area contributed by atoms with Crippen molar-refractivity contribution in [1.82, 2.24) is 10.2 Å². The maximum atomic E-state index is 14.7. The molecule has 12 heteroatoms. The van der Waals surface area contributed by atoms with Crippen LogP contribution in [-0.4, -0.2) is 43.8 Å². The number of hydrogen-bond acceptors (Lipinski definition) is 4. The van der Waals surface area contributed by atoms with Gasteiger partial charge in [0.15, 0.2) is 0 Å². The van der Waals surface area contributed by atoms with E-state index in [2.05, 4.69) is 5.32 Å². The molecule has 1 unspecified atom stereocenters. The Morgan fingerprint density at radius 3 is 2.08 bits per heavy atom. The highest BCUT2D eigenvalue weighted by molar-refractivity contribution is 7.92. The first-order chi connectivity index (χ1) is 23.0. The number of sulfonamides is 1. The first-order valence-corrected chi connectivity index (χ1v) is 18.6. The van der Waals surface area contributed by atoms with Crippen molar-refractivity contribution in [3.8, 4) is 0 Å². The van der Waals surface area contributed by atoms with Gasteiger partial charge in [-0.2, -0.15) is 0 Å². The topological polar surface area (TPSA) is 86.8 Å². The molecule has 0 radical (unpaired) electrons. The van der Waals surface area contributed by atoms with Crippen molar-refractivity contribution >= 4 is 73.9 Å². The molecule has 5 rings (SSSR count). The van der Waals surface area contributed by atoms with Crippen LogP contribution in [0.5, 0.6) is 0 Å². The zero-order valence-corrected chi connectivity index (χ0v) is 29.8. The van der Waals surface area contributed by atoms with Crippen molar-refractivity contribution in [2.45, 2.75) is 62.0 Å². The normalized spacial score (nSPS) is 14.2. The highest BCUT2D eigenvalue weighted by atomic mass is 35.5. The summed E-state index contributed by atoms with van der Waals surface area (Å²) >= 11 is 25.5. The lowest BCUT2D eigenvalue weighted by Crippen LogP contribution is -2.55. The fourth-order valence-corrected chi connectivity index (χ4v) is 8.07. The van der Waals surface area contributed by atoms with E-state index < -0.39 is 28.5 Å². The molecule has 0 aliphatic heterocycles. The summed E-state index contributed by atoms with van der Waals surface area (Å²) in [6.07, 6.45) is 5.01. The van der Waals surface area contributed by atoms with Gasteiger partial charge in [0.25, 0.3) is 10.0 Å². The fourth-order valence-electron chi connectivity index (χ4n) is 5.85. The number of amides is 2. The van der Waals surface area contributed by atoms with Gasteiger partial charge in [0, 0.05) is 19.0 Å². The van der Waals surface area contributed by atoms with Crippen molar-refractivity contribution in [1.29, 1.82) is 0 Å². The molecular weight excluding hydrogens is 712 g/mol. The fraction of sp³-hybridized carbons (Fsp3) is 0.278. The molecule has 252 valence electrons. The van der Waals surface area contributed by atoms with Crippen LogP contribution in [0, 0.1) is 0 Å². The SMILES string of the molecule is O=C(NC1CCCCC1)C(Cc1ccccc1)N(Cc1ccc(Cl)c(Cl)c1)C(=O)CN(c1cccc(Cl)c1Cl)S(=O)(=O)c1ccccc1. The van der Waals surface area contributed by atoms with E-state index in [9.17, 15) is 18.0 Å². The van der Waals surface area contributed by atoms with Gasteiger partial charge in [0.05, 0.1) is 30.7 Å². The van der Waals surface area contributed by atoms with Crippen LogP contribution in [-0.2, 0) is 32.6 Å². The van der Waals surface area contributed by atoms with E-state index in [0.717, 1.165) is 42.0 Å². The van der Waals surface area contributed by atoms with Crippen molar-refractivity contribution in [3.63, 3.8) is 0 Å². The molecule has 0 spiro atoms. The molecular formula is C36H35Cl4N3O4S. The van der Waals surface area contributed by atoms with E-state index in [1.54, 1.807) is 42.5 Å². The summed E-state index contributed by atoms with van der Waals surface area (Å²) in [6, 6.07) is 25.7. The maximum Gasteiger partial charge on any atom is 0.264 e. The summed E-state index contributed by atoms with van der Waals surface area (Å²) < 4.78 is 29.3. The predicted molar refractivity (Wildman–Crippen MR) is 193 cm³/mol. The standard InChI is InChI=1S/C36H35Cl4N3O4S/c37-29-20-19-26(21-31(29)39)23-42(33(22-25-11-4-1-5-12-25)36(45)41-27-13-6-2-7-14-27)34(44)24-43(32-18-10-17-30(38)35(32)40)48(46,47)28-15-8-3-9-16-28/h1,3-5,8-12,15-21,27,33H,2,6-7,13-14,22-24H2,(H,41,45). The van der Waals surface area contributed by atoms with Crippen LogP contribution >= 0.6 is 46.4 Å². The van der Waals surface area contributed by atoms with Gasteiger partial charge in [0.2, 0.25) is 11.8 Å². The second kappa shape index (κ2) is 16.4. The predicted octanol–water partition coefficient (Wildman–Crippen LogP) is 8.58. The lowest BCUT2D eigenvalue weighted by molar-refractivity contribution is -0.140. The number of rotatable bonds is 12. The van der Waals surface area contributed by atoms with Crippen LogP contribution in [0.2, 0.25) is 20.1 Å². The number of anilines is 1. The molecule has 0 saturated heterocycles. The molecule has 1 atom stereocenters. The van der Waals surface area contributed by atoms with Gasteiger partial charge in [0.1, 0.15) is 12.6 Å². The number of nitrogens with one attached hydrogen (secondary N) is 1. The van der Waals surface area contributed by atoms with Crippen LogP contribution < -0.4 is 9.62 Å². The van der Waals surface area contributed by atoms with Crippen LogP contribution in [0.1, 0.15) is 43.2 Å². The summed E-state index contributed by atoms with van der Waals surface area (Å²) in [5.41, 5.74) is 1.47. The third kappa shape index (κ3) is 8.84. The average molecular weight is 748 g/mol. The second-order valence-electron chi connectivity index (χ2n) is 11.7. The maximum absolute atomic E-state index is 14.7. The van der Waals surface area contributed by atoms with Gasteiger partial charge in [-0.25, -0.2) is 8.42 Å². The van der Waals surface area contributed by atoms with Gasteiger partial charge in [-0.05, 0) is 60.4 Å². The molecule has 1 N–H and O–H groups in total. The van der Waals surface area contributed by atoms with E-state index >= 15 is 0 Å². The first kappa shape index (κ1) is 36.0. The summed E-state index contributed by atoms with van der Waals surface area (Å²) in [4.78, 5) is 30.3. The van der Waals surface area contributed by atoms with Gasteiger partial charge in [-0.1, -0.05) is 126 Å². The molecule has 2 amide bonds. The summed E-state index contributed by atoms with van der Waals surface area (Å²) in [7, 11) is -4.33. The molecule has 0 aromatic heterocycles. The van der Waals surface area contributed by atoms with Crippen LogP contribution in [0.4, 0.5) is 5.69 Å².